The van der Waals surface area contributed by atoms with E-state index in [1.807, 2.05) is 0 Å². The minimum Gasteiger partial charge on any atom is -0.489 e. The van der Waals surface area contributed by atoms with Crippen LogP contribution in [0.4, 0.5) is 4.79 Å². The molecule has 8 nitrogen and oxygen atoms in total. The first kappa shape index (κ1) is 21.3. The summed E-state index contributed by atoms with van der Waals surface area (Å²) in [6.45, 7) is 3.60. The smallest absolute Gasteiger partial charge is 0.405 e. The number of pyridine rings is 1. The summed E-state index contributed by atoms with van der Waals surface area (Å²) in [6, 6.07) is 0.678. The number of hydrogen-bond donors (Lipinski definition) is 3. The first-order valence-corrected chi connectivity index (χ1v) is 9.79. The number of hydrogen-bond acceptors (Lipinski definition) is 4. The molecule has 0 radical (unpaired) electrons. The highest BCUT2D eigenvalue weighted by Gasteiger charge is 2.29. The van der Waals surface area contributed by atoms with Gasteiger partial charge in [-0.3, -0.25) is 9.59 Å². The molecule has 9 heteroatoms. The number of rotatable bonds is 6. The Morgan fingerprint density at radius 2 is 1.93 bits per heavy atom. The molecule has 0 saturated heterocycles. The zero-order valence-electron chi connectivity index (χ0n) is 15.7. The van der Waals surface area contributed by atoms with Gasteiger partial charge in [-0.1, -0.05) is 13.8 Å². The Kier molecular flexibility index (Phi) is 7.29. The molecule has 1 aliphatic carbocycles. The van der Waals surface area contributed by atoms with Crippen LogP contribution in [0.25, 0.3) is 0 Å². The van der Waals surface area contributed by atoms with E-state index in [9.17, 15) is 14.4 Å². The van der Waals surface area contributed by atoms with E-state index in [-0.39, 0.29) is 29.5 Å². The summed E-state index contributed by atoms with van der Waals surface area (Å²) in [5.41, 5.74) is -0.139. The van der Waals surface area contributed by atoms with E-state index in [1.54, 1.807) is 27.1 Å². The standard InChI is InChI=1S/C18H26BrN3O5/c1-10(2)16(21-18(25)26)17(24)20-11-4-6-12(7-5-11)27-14-8-15(23)22(3)9-13(14)19/h8-12,16,21H,4-7H2,1-3H3,(H,20,24)(H,25,26). The molecule has 1 heterocycles. The van der Waals surface area contributed by atoms with Gasteiger partial charge in [0, 0.05) is 25.4 Å². The lowest BCUT2D eigenvalue weighted by Crippen LogP contribution is -2.52. The van der Waals surface area contributed by atoms with Crippen LogP contribution >= 0.6 is 15.9 Å². The average Bonchev–Trinajstić information content (AvgIpc) is 2.58. The lowest BCUT2D eigenvalue weighted by Gasteiger charge is -2.31. The Hall–Kier alpha value is -2.03. The zero-order chi connectivity index (χ0) is 20.1. The van der Waals surface area contributed by atoms with E-state index in [4.69, 9.17) is 9.84 Å². The van der Waals surface area contributed by atoms with Crippen LogP contribution in [-0.2, 0) is 11.8 Å². The molecule has 1 atom stereocenters. The van der Waals surface area contributed by atoms with E-state index < -0.39 is 12.1 Å². The molecule has 0 bridgehead atoms. The Morgan fingerprint density at radius 1 is 1.30 bits per heavy atom. The van der Waals surface area contributed by atoms with Crippen molar-refractivity contribution in [2.75, 3.05) is 0 Å². The monoisotopic (exact) mass is 443 g/mol. The van der Waals surface area contributed by atoms with Crippen molar-refractivity contribution in [2.24, 2.45) is 13.0 Å². The molecule has 1 fully saturated rings. The van der Waals surface area contributed by atoms with E-state index in [0.717, 1.165) is 30.2 Å². The van der Waals surface area contributed by atoms with Gasteiger partial charge in [0.05, 0.1) is 10.6 Å². The van der Waals surface area contributed by atoms with Crippen LogP contribution in [0, 0.1) is 5.92 Å². The Labute approximate surface area is 166 Å². The molecule has 0 aliphatic heterocycles. The minimum atomic E-state index is -1.21. The van der Waals surface area contributed by atoms with Gasteiger partial charge in [-0.25, -0.2) is 4.79 Å². The van der Waals surface area contributed by atoms with E-state index in [0.29, 0.717) is 5.75 Å². The van der Waals surface area contributed by atoms with Crippen molar-refractivity contribution in [1.82, 2.24) is 15.2 Å². The summed E-state index contributed by atoms with van der Waals surface area (Å²) >= 11 is 3.41. The van der Waals surface area contributed by atoms with Crippen LogP contribution in [-0.4, -0.2) is 39.9 Å². The molecule has 0 aromatic carbocycles. The van der Waals surface area contributed by atoms with Gasteiger partial charge in [0.1, 0.15) is 11.8 Å². The average molecular weight is 444 g/mol. The number of carbonyl (C=O) groups is 2. The van der Waals surface area contributed by atoms with Gasteiger partial charge in [-0.2, -0.15) is 0 Å². The Balaban J connectivity index is 1.88. The molecule has 2 amide bonds. The lowest BCUT2D eigenvalue weighted by atomic mass is 9.92. The number of aryl methyl sites for hydroxylation is 1. The molecule has 0 spiro atoms. The second-order valence-electron chi connectivity index (χ2n) is 7.21. The predicted octanol–water partition coefficient (Wildman–Crippen LogP) is 2.25. The molecule has 2 rings (SSSR count). The van der Waals surface area contributed by atoms with E-state index in [2.05, 4.69) is 26.6 Å². The highest BCUT2D eigenvalue weighted by Crippen LogP contribution is 2.28. The molecule has 1 aromatic heterocycles. The topological polar surface area (TPSA) is 110 Å². The van der Waals surface area contributed by atoms with Crippen molar-refractivity contribution in [3.05, 3.63) is 27.1 Å². The second kappa shape index (κ2) is 9.25. The summed E-state index contributed by atoms with van der Waals surface area (Å²) in [7, 11) is 1.67. The number of nitrogens with zero attached hydrogens (tertiary/aromatic N) is 1. The van der Waals surface area contributed by atoms with Crippen molar-refractivity contribution in [3.8, 4) is 5.75 Å². The van der Waals surface area contributed by atoms with Gasteiger partial charge >= 0.3 is 6.09 Å². The van der Waals surface area contributed by atoms with E-state index >= 15 is 0 Å². The van der Waals surface area contributed by atoms with Crippen LogP contribution < -0.4 is 20.9 Å². The van der Waals surface area contributed by atoms with Gasteiger partial charge in [0.25, 0.3) is 5.56 Å². The van der Waals surface area contributed by atoms with Gasteiger partial charge < -0.3 is 25.0 Å². The number of carbonyl (C=O) groups excluding carboxylic acids is 1. The number of ether oxygens (including phenoxy) is 1. The van der Waals surface area contributed by atoms with Gasteiger partial charge in [-0.15, -0.1) is 0 Å². The number of halogens is 1. The minimum absolute atomic E-state index is 0.0127. The third-order valence-corrected chi connectivity index (χ3v) is 5.28. The highest BCUT2D eigenvalue weighted by atomic mass is 79.9. The second-order valence-corrected chi connectivity index (χ2v) is 8.06. The van der Waals surface area contributed by atoms with Crippen LogP contribution in [0.2, 0.25) is 0 Å². The number of aromatic nitrogens is 1. The Morgan fingerprint density at radius 3 is 2.48 bits per heavy atom. The summed E-state index contributed by atoms with van der Waals surface area (Å²) in [6.07, 6.45) is 3.38. The first-order valence-electron chi connectivity index (χ1n) is 9.00. The normalized spacial score (nSPS) is 20.8. The van der Waals surface area contributed by atoms with Gasteiger partial charge in [0.15, 0.2) is 0 Å². The maximum absolute atomic E-state index is 12.4. The maximum atomic E-state index is 12.4. The lowest BCUT2D eigenvalue weighted by molar-refractivity contribution is -0.125. The summed E-state index contributed by atoms with van der Waals surface area (Å²) < 4.78 is 8.14. The maximum Gasteiger partial charge on any atom is 0.405 e. The molecule has 1 aromatic rings. The van der Waals surface area contributed by atoms with Crippen molar-refractivity contribution in [3.63, 3.8) is 0 Å². The van der Waals surface area contributed by atoms with Crippen LogP contribution in [0.15, 0.2) is 21.5 Å². The van der Waals surface area contributed by atoms with Gasteiger partial charge in [0.2, 0.25) is 5.91 Å². The largest absolute Gasteiger partial charge is 0.489 e. The van der Waals surface area contributed by atoms with Crippen LogP contribution in [0.1, 0.15) is 39.5 Å². The molecular formula is C18H26BrN3O5. The summed E-state index contributed by atoms with van der Waals surface area (Å²) in [5.74, 6) is 0.0843. The third-order valence-electron chi connectivity index (χ3n) is 4.69. The molecule has 1 saturated carbocycles. The molecule has 1 unspecified atom stereocenters. The highest BCUT2D eigenvalue weighted by molar-refractivity contribution is 9.10. The number of carboxylic acid groups (broad SMARTS) is 1. The summed E-state index contributed by atoms with van der Waals surface area (Å²) in [5, 5.41) is 14.1. The summed E-state index contributed by atoms with van der Waals surface area (Å²) in [4.78, 5) is 35.0. The van der Waals surface area contributed by atoms with E-state index in [1.165, 1.54) is 10.6 Å². The predicted molar refractivity (Wildman–Crippen MR) is 104 cm³/mol. The van der Waals surface area contributed by atoms with Crippen molar-refractivity contribution >= 4 is 27.9 Å². The van der Waals surface area contributed by atoms with Crippen molar-refractivity contribution in [2.45, 2.75) is 57.7 Å². The fourth-order valence-electron chi connectivity index (χ4n) is 3.13. The molecule has 1 aliphatic rings. The van der Waals surface area contributed by atoms with Gasteiger partial charge in [-0.05, 0) is 47.5 Å². The number of amides is 2. The van der Waals surface area contributed by atoms with Crippen molar-refractivity contribution in [1.29, 1.82) is 0 Å². The van der Waals surface area contributed by atoms with Crippen LogP contribution in [0.3, 0.4) is 0 Å². The fourth-order valence-corrected chi connectivity index (χ4v) is 3.65. The zero-order valence-corrected chi connectivity index (χ0v) is 17.3. The molecular weight excluding hydrogens is 418 g/mol. The SMILES string of the molecule is CC(C)C(NC(=O)O)C(=O)NC1CCC(Oc2cc(=O)n(C)cc2Br)CC1. The quantitative estimate of drug-likeness (QED) is 0.624. The van der Waals surface area contributed by atoms with Crippen molar-refractivity contribution < 1.29 is 19.4 Å². The fraction of sp³-hybridized carbons (Fsp3) is 0.611. The Bertz CT molecular complexity index is 741. The molecule has 150 valence electrons. The first-order chi connectivity index (χ1) is 12.7. The molecule has 27 heavy (non-hydrogen) atoms. The van der Waals surface area contributed by atoms with Crippen LogP contribution in [0.5, 0.6) is 5.75 Å². The third kappa shape index (κ3) is 5.98. The number of nitrogens with one attached hydrogen (secondary N) is 2. The molecule has 3 N–H and O–H groups in total.